The molecule has 1 fully saturated rings. The van der Waals surface area contributed by atoms with Crippen LogP contribution >= 0.6 is 23.7 Å². The summed E-state index contributed by atoms with van der Waals surface area (Å²) >= 11 is 1.65. The maximum absolute atomic E-state index is 13.1. The lowest BCUT2D eigenvalue weighted by atomic mass is 10.1. The number of carbonyl (C=O) groups excluding carboxylic acids is 1. The fraction of sp³-hybridized carbons (Fsp3) is 0.421. The zero-order valence-electron chi connectivity index (χ0n) is 14.9. The number of morpholine rings is 1. The molecular formula is C19H23ClN2O4S. The summed E-state index contributed by atoms with van der Waals surface area (Å²) in [4.78, 5) is 16.0. The first kappa shape index (κ1) is 19.9. The van der Waals surface area contributed by atoms with E-state index in [1.165, 1.54) is 0 Å². The van der Waals surface area contributed by atoms with Crippen LogP contribution in [0.25, 0.3) is 0 Å². The van der Waals surface area contributed by atoms with E-state index < -0.39 is 0 Å². The maximum atomic E-state index is 13.1. The number of thiophene rings is 1. The van der Waals surface area contributed by atoms with Crippen LogP contribution in [0.3, 0.4) is 0 Å². The van der Waals surface area contributed by atoms with Crippen molar-refractivity contribution in [1.29, 1.82) is 0 Å². The summed E-state index contributed by atoms with van der Waals surface area (Å²) in [5, 5.41) is 5.38. The zero-order valence-corrected chi connectivity index (χ0v) is 16.5. The molecule has 0 aliphatic carbocycles. The molecule has 2 aromatic rings. The van der Waals surface area contributed by atoms with Crippen LogP contribution in [-0.4, -0.2) is 44.9 Å². The van der Waals surface area contributed by atoms with Crippen molar-refractivity contribution in [1.82, 2.24) is 5.32 Å². The van der Waals surface area contributed by atoms with Gasteiger partial charge in [-0.05, 0) is 23.6 Å². The van der Waals surface area contributed by atoms with Gasteiger partial charge in [0.05, 0.1) is 19.8 Å². The number of benzene rings is 1. The Balaban J connectivity index is 0.00000210. The molecule has 1 atom stereocenters. The third-order valence-electron chi connectivity index (χ3n) is 4.45. The number of halogens is 1. The van der Waals surface area contributed by atoms with Crippen molar-refractivity contribution in [3.05, 3.63) is 40.6 Å². The second kappa shape index (κ2) is 9.41. The van der Waals surface area contributed by atoms with Crippen LogP contribution in [0.2, 0.25) is 0 Å². The smallest absolute Gasteiger partial charge is 0.228 e. The van der Waals surface area contributed by atoms with Gasteiger partial charge in [0, 0.05) is 35.6 Å². The van der Waals surface area contributed by atoms with Gasteiger partial charge in [-0.2, -0.15) is 0 Å². The summed E-state index contributed by atoms with van der Waals surface area (Å²) in [6.07, 6.45) is 0.403. The highest BCUT2D eigenvalue weighted by Crippen LogP contribution is 2.35. The van der Waals surface area contributed by atoms with Gasteiger partial charge in [0.15, 0.2) is 11.5 Å². The number of nitrogens with zero attached hydrogens (tertiary/aromatic N) is 1. The van der Waals surface area contributed by atoms with Gasteiger partial charge in [-0.15, -0.1) is 23.7 Å². The van der Waals surface area contributed by atoms with Crippen LogP contribution in [0, 0.1) is 0 Å². The number of fused-ring (bicyclic) bond motifs is 1. The summed E-state index contributed by atoms with van der Waals surface area (Å²) in [6.45, 7) is 3.68. The minimum Gasteiger partial charge on any atom is -0.486 e. The van der Waals surface area contributed by atoms with E-state index in [1.54, 1.807) is 11.3 Å². The molecule has 0 radical (unpaired) electrons. The molecule has 4 rings (SSSR count). The Kier molecular flexibility index (Phi) is 6.95. The Hall–Kier alpha value is -1.80. The second-order valence-corrected chi connectivity index (χ2v) is 7.35. The SMILES string of the molecule is Cl.O=C(CC1COCCN1)N(Cc1cccs1)c1ccc2c(c1)OCCO2. The molecule has 1 amide bonds. The predicted octanol–water partition coefficient (Wildman–Crippen LogP) is 2.85. The molecule has 1 unspecified atom stereocenters. The lowest BCUT2D eigenvalue weighted by molar-refractivity contribution is -0.119. The molecule has 3 heterocycles. The van der Waals surface area contributed by atoms with E-state index in [4.69, 9.17) is 14.2 Å². The fourth-order valence-electron chi connectivity index (χ4n) is 3.15. The van der Waals surface area contributed by atoms with Crippen LogP contribution in [0.15, 0.2) is 35.7 Å². The molecule has 1 saturated heterocycles. The molecule has 27 heavy (non-hydrogen) atoms. The first-order valence-corrected chi connectivity index (χ1v) is 9.71. The first-order chi connectivity index (χ1) is 12.8. The van der Waals surface area contributed by atoms with E-state index in [2.05, 4.69) is 5.32 Å². The monoisotopic (exact) mass is 410 g/mol. The Morgan fingerprint density at radius 1 is 1.19 bits per heavy atom. The molecular weight excluding hydrogens is 388 g/mol. The highest BCUT2D eigenvalue weighted by Gasteiger charge is 2.24. The van der Waals surface area contributed by atoms with Gasteiger partial charge in [-0.25, -0.2) is 0 Å². The van der Waals surface area contributed by atoms with E-state index in [1.807, 2.05) is 40.6 Å². The van der Waals surface area contributed by atoms with Gasteiger partial charge in [0.25, 0.3) is 0 Å². The van der Waals surface area contributed by atoms with Crippen molar-refractivity contribution in [2.45, 2.75) is 19.0 Å². The van der Waals surface area contributed by atoms with Crippen molar-refractivity contribution >= 4 is 35.3 Å². The van der Waals surface area contributed by atoms with Crippen LogP contribution in [0.1, 0.15) is 11.3 Å². The number of hydrogen-bond acceptors (Lipinski definition) is 6. The van der Waals surface area contributed by atoms with Crippen molar-refractivity contribution in [3.63, 3.8) is 0 Å². The minimum absolute atomic E-state index is 0. The van der Waals surface area contributed by atoms with Crippen LogP contribution in [-0.2, 0) is 16.1 Å². The van der Waals surface area contributed by atoms with E-state index in [0.29, 0.717) is 45.1 Å². The average Bonchev–Trinajstić information content (AvgIpc) is 3.20. The first-order valence-electron chi connectivity index (χ1n) is 8.83. The molecule has 0 bridgehead atoms. The third kappa shape index (κ3) is 4.93. The molecule has 0 spiro atoms. The van der Waals surface area contributed by atoms with Crippen molar-refractivity contribution in [3.8, 4) is 11.5 Å². The van der Waals surface area contributed by atoms with E-state index >= 15 is 0 Å². The van der Waals surface area contributed by atoms with Crippen molar-refractivity contribution in [2.24, 2.45) is 0 Å². The largest absolute Gasteiger partial charge is 0.486 e. The topological polar surface area (TPSA) is 60.0 Å². The van der Waals surface area contributed by atoms with Crippen LogP contribution in [0.4, 0.5) is 5.69 Å². The van der Waals surface area contributed by atoms with Gasteiger partial charge in [0.1, 0.15) is 13.2 Å². The lowest BCUT2D eigenvalue weighted by Gasteiger charge is -2.28. The van der Waals surface area contributed by atoms with Crippen LogP contribution in [0.5, 0.6) is 11.5 Å². The van der Waals surface area contributed by atoms with Crippen molar-refractivity contribution < 1.29 is 19.0 Å². The van der Waals surface area contributed by atoms with Gasteiger partial charge in [-0.3, -0.25) is 4.79 Å². The molecule has 6 nitrogen and oxygen atoms in total. The number of nitrogens with one attached hydrogen (secondary N) is 1. The molecule has 1 aromatic carbocycles. The number of carbonyl (C=O) groups is 1. The lowest BCUT2D eigenvalue weighted by Crippen LogP contribution is -2.45. The van der Waals surface area contributed by atoms with E-state index in [0.717, 1.165) is 22.9 Å². The maximum Gasteiger partial charge on any atom is 0.228 e. The summed E-state index contributed by atoms with van der Waals surface area (Å²) in [5.41, 5.74) is 0.823. The molecule has 1 N–H and O–H groups in total. The molecule has 8 heteroatoms. The quantitative estimate of drug-likeness (QED) is 0.821. The molecule has 2 aliphatic heterocycles. The Morgan fingerprint density at radius 3 is 2.78 bits per heavy atom. The Morgan fingerprint density at radius 2 is 2.04 bits per heavy atom. The summed E-state index contributed by atoms with van der Waals surface area (Å²) in [5.74, 6) is 1.49. The van der Waals surface area contributed by atoms with Gasteiger partial charge in [0.2, 0.25) is 5.91 Å². The Labute approximate surface area is 168 Å². The second-order valence-electron chi connectivity index (χ2n) is 6.32. The summed E-state index contributed by atoms with van der Waals surface area (Å²) < 4.78 is 16.8. The minimum atomic E-state index is 0. The number of ether oxygens (including phenoxy) is 3. The number of amides is 1. The third-order valence-corrected chi connectivity index (χ3v) is 5.31. The molecule has 146 valence electrons. The number of anilines is 1. The van der Waals surface area contributed by atoms with Gasteiger partial charge < -0.3 is 24.4 Å². The molecule has 0 saturated carbocycles. The van der Waals surface area contributed by atoms with Crippen LogP contribution < -0.4 is 19.7 Å². The van der Waals surface area contributed by atoms with Gasteiger partial charge in [-0.1, -0.05) is 6.07 Å². The van der Waals surface area contributed by atoms with E-state index in [9.17, 15) is 4.79 Å². The summed E-state index contributed by atoms with van der Waals surface area (Å²) in [7, 11) is 0. The normalized spacial score (nSPS) is 18.4. The zero-order chi connectivity index (χ0) is 17.8. The number of hydrogen-bond donors (Lipinski definition) is 1. The highest BCUT2D eigenvalue weighted by atomic mass is 35.5. The Bertz CT molecular complexity index is 750. The molecule has 2 aliphatic rings. The predicted molar refractivity (Wildman–Crippen MR) is 107 cm³/mol. The van der Waals surface area contributed by atoms with E-state index in [-0.39, 0.29) is 24.4 Å². The highest BCUT2D eigenvalue weighted by molar-refractivity contribution is 7.09. The molecule has 1 aromatic heterocycles. The van der Waals surface area contributed by atoms with Gasteiger partial charge >= 0.3 is 0 Å². The summed E-state index contributed by atoms with van der Waals surface area (Å²) in [6, 6.07) is 9.79. The fourth-order valence-corrected chi connectivity index (χ4v) is 3.85. The average molecular weight is 411 g/mol. The number of rotatable bonds is 5. The van der Waals surface area contributed by atoms with Crippen molar-refractivity contribution in [2.75, 3.05) is 37.9 Å². The standard InChI is InChI=1S/C19H22N2O4S.ClH/c22-19(10-14-13-23-6-5-20-14)21(12-16-2-1-9-26-16)15-3-4-17-18(11-15)25-8-7-24-17;/h1-4,9,11,14,20H,5-8,10,12-13H2;1H.